The number of aromatic nitrogens is 2. The molecule has 1 fully saturated rings. The lowest BCUT2D eigenvalue weighted by molar-refractivity contribution is 0.264. The van der Waals surface area contributed by atoms with Gasteiger partial charge in [-0.1, -0.05) is 0 Å². The van der Waals surface area contributed by atoms with E-state index in [1.165, 1.54) is 36.9 Å². The SMILES string of the molecule is CC(c1ccnc2c1ccn2C)N1CCCC1. The normalized spacial score (nSPS) is 18.9. The Hall–Kier alpha value is -1.35. The summed E-state index contributed by atoms with van der Waals surface area (Å²) in [4.78, 5) is 7.03. The molecule has 0 amide bonds. The van der Waals surface area contributed by atoms with E-state index in [-0.39, 0.29) is 0 Å². The van der Waals surface area contributed by atoms with Crippen molar-refractivity contribution in [3.63, 3.8) is 0 Å². The standard InChI is InChI=1S/C14H19N3/c1-11(17-8-3-4-9-17)12-5-7-15-14-13(12)6-10-16(14)2/h5-7,10-11H,3-4,8-9H2,1-2H3. The first-order chi connectivity index (χ1) is 8.27. The average Bonchev–Trinajstić information content (AvgIpc) is 2.98. The van der Waals surface area contributed by atoms with Crippen molar-refractivity contribution in [2.75, 3.05) is 13.1 Å². The van der Waals surface area contributed by atoms with Crippen LogP contribution in [0.1, 0.15) is 31.4 Å². The average molecular weight is 229 g/mol. The minimum Gasteiger partial charge on any atom is -0.336 e. The van der Waals surface area contributed by atoms with Crippen molar-refractivity contribution >= 4 is 11.0 Å². The fraction of sp³-hybridized carbons (Fsp3) is 0.500. The van der Waals surface area contributed by atoms with Crippen LogP contribution in [0.15, 0.2) is 24.5 Å². The predicted molar refractivity (Wildman–Crippen MR) is 69.9 cm³/mol. The monoisotopic (exact) mass is 229 g/mol. The Labute approximate surface area is 102 Å². The van der Waals surface area contributed by atoms with E-state index in [0.717, 1.165) is 5.65 Å². The first-order valence-corrected chi connectivity index (χ1v) is 6.41. The van der Waals surface area contributed by atoms with Gasteiger partial charge in [-0.3, -0.25) is 4.90 Å². The largest absolute Gasteiger partial charge is 0.336 e. The molecule has 0 saturated carbocycles. The zero-order valence-electron chi connectivity index (χ0n) is 10.6. The van der Waals surface area contributed by atoms with Crippen molar-refractivity contribution in [1.82, 2.24) is 14.5 Å². The van der Waals surface area contributed by atoms with Crippen LogP contribution in [0.3, 0.4) is 0 Å². The van der Waals surface area contributed by atoms with Crippen LogP contribution < -0.4 is 0 Å². The third kappa shape index (κ3) is 1.75. The highest BCUT2D eigenvalue weighted by Gasteiger charge is 2.21. The molecule has 1 unspecified atom stereocenters. The molecular weight excluding hydrogens is 210 g/mol. The van der Waals surface area contributed by atoms with E-state index in [1.54, 1.807) is 0 Å². The van der Waals surface area contributed by atoms with Crippen molar-refractivity contribution in [3.8, 4) is 0 Å². The van der Waals surface area contributed by atoms with E-state index >= 15 is 0 Å². The van der Waals surface area contributed by atoms with Crippen LogP contribution >= 0.6 is 0 Å². The summed E-state index contributed by atoms with van der Waals surface area (Å²) in [6.07, 6.45) is 6.71. The Morgan fingerprint density at radius 1 is 1.24 bits per heavy atom. The van der Waals surface area contributed by atoms with Gasteiger partial charge in [0.15, 0.2) is 0 Å². The number of likely N-dealkylation sites (tertiary alicyclic amines) is 1. The minimum absolute atomic E-state index is 0.505. The molecule has 2 aromatic rings. The van der Waals surface area contributed by atoms with Gasteiger partial charge in [0.25, 0.3) is 0 Å². The molecule has 0 bridgehead atoms. The topological polar surface area (TPSA) is 21.1 Å². The summed E-state index contributed by atoms with van der Waals surface area (Å²) in [5.41, 5.74) is 2.51. The van der Waals surface area contributed by atoms with Gasteiger partial charge in [-0.2, -0.15) is 0 Å². The number of hydrogen-bond donors (Lipinski definition) is 0. The molecule has 17 heavy (non-hydrogen) atoms. The summed E-state index contributed by atoms with van der Waals surface area (Å²) in [5.74, 6) is 0. The molecule has 0 N–H and O–H groups in total. The maximum atomic E-state index is 4.45. The van der Waals surface area contributed by atoms with Crippen molar-refractivity contribution in [1.29, 1.82) is 0 Å². The minimum atomic E-state index is 0.505. The van der Waals surface area contributed by atoms with E-state index in [2.05, 4.69) is 46.8 Å². The molecule has 3 heteroatoms. The molecule has 90 valence electrons. The summed E-state index contributed by atoms with van der Waals surface area (Å²) in [6.45, 7) is 4.78. The fourth-order valence-corrected chi connectivity index (χ4v) is 2.88. The highest BCUT2D eigenvalue weighted by Crippen LogP contribution is 2.29. The van der Waals surface area contributed by atoms with Crippen LogP contribution in [0.2, 0.25) is 0 Å². The molecule has 0 aliphatic carbocycles. The molecule has 1 atom stereocenters. The van der Waals surface area contributed by atoms with Crippen LogP contribution in [0.5, 0.6) is 0 Å². The Bertz CT molecular complexity index is 523. The highest BCUT2D eigenvalue weighted by atomic mass is 15.2. The molecule has 0 radical (unpaired) electrons. The number of fused-ring (bicyclic) bond motifs is 1. The maximum Gasteiger partial charge on any atom is 0.139 e. The van der Waals surface area contributed by atoms with Crippen molar-refractivity contribution in [2.45, 2.75) is 25.8 Å². The molecular formula is C14H19N3. The lowest BCUT2D eigenvalue weighted by atomic mass is 10.1. The maximum absolute atomic E-state index is 4.45. The molecule has 0 aromatic carbocycles. The van der Waals surface area contributed by atoms with Crippen LogP contribution in [0, 0.1) is 0 Å². The van der Waals surface area contributed by atoms with E-state index in [9.17, 15) is 0 Å². The molecule has 1 aliphatic heterocycles. The van der Waals surface area contributed by atoms with Crippen LogP contribution in [0.4, 0.5) is 0 Å². The van der Waals surface area contributed by atoms with Crippen molar-refractivity contribution in [3.05, 3.63) is 30.1 Å². The summed E-state index contributed by atoms with van der Waals surface area (Å²) in [7, 11) is 2.06. The highest BCUT2D eigenvalue weighted by molar-refractivity contribution is 5.80. The Kier molecular flexibility index (Phi) is 2.63. The number of aryl methyl sites for hydroxylation is 1. The van der Waals surface area contributed by atoms with E-state index in [1.807, 2.05) is 6.20 Å². The van der Waals surface area contributed by atoms with Gasteiger partial charge in [-0.25, -0.2) is 4.98 Å². The lowest BCUT2D eigenvalue weighted by Crippen LogP contribution is -2.23. The van der Waals surface area contributed by atoms with Gasteiger partial charge >= 0.3 is 0 Å². The molecule has 2 aromatic heterocycles. The smallest absolute Gasteiger partial charge is 0.139 e. The van der Waals surface area contributed by atoms with E-state index in [0.29, 0.717) is 6.04 Å². The van der Waals surface area contributed by atoms with Crippen LogP contribution in [-0.4, -0.2) is 27.5 Å². The van der Waals surface area contributed by atoms with Crippen LogP contribution in [-0.2, 0) is 7.05 Å². The molecule has 1 aliphatic rings. The van der Waals surface area contributed by atoms with Crippen LogP contribution in [0.25, 0.3) is 11.0 Å². The molecule has 3 nitrogen and oxygen atoms in total. The quantitative estimate of drug-likeness (QED) is 0.789. The summed E-state index contributed by atoms with van der Waals surface area (Å²) in [5, 5.41) is 1.30. The van der Waals surface area contributed by atoms with Gasteiger partial charge in [-0.15, -0.1) is 0 Å². The second kappa shape index (κ2) is 4.15. The third-order valence-electron chi connectivity index (χ3n) is 3.94. The van der Waals surface area contributed by atoms with Crippen molar-refractivity contribution in [2.24, 2.45) is 7.05 Å². The molecule has 1 saturated heterocycles. The Balaban J connectivity index is 2.04. The van der Waals surface area contributed by atoms with E-state index < -0.39 is 0 Å². The van der Waals surface area contributed by atoms with Crippen molar-refractivity contribution < 1.29 is 0 Å². The summed E-state index contributed by atoms with van der Waals surface area (Å²) >= 11 is 0. The number of nitrogens with zero attached hydrogens (tertiary/aromatic N) is 3. The number of hydrogen-bond acceptors (Lipinski definition) is 2. The molecule has 0 spiro atoms. The predicted octanol–water partition coefficient (Wildman–Crippen LogP) is 2.73. The zero-order valence-corrected chi connectivity index (χ0v) is 10.6. The number of pyridine rings is 1. The van der Waals surface area contributed by atoms with Gasteiger partial charge in [-0.05, 0) is 50.6 Å². The van der Waals surface area contributed by atoms with Gasteiger partial charge in [0.05, 0.1) is 0 Å². The Morgan fingerprint density at radius 3 is 2.76 bits per heavy atom. The first kappa shape index (κ1) is 10.8. The zero-order chi connectivity index (χ0) is 11.8. The fourth-order valence-electron chi connectivity index (χ4n) is 2.88. The second-order valence-corrected chi connectivity index (χ2v) is 4.98. The molecule has 3 heterocycles. The van der Waals surface area contributed by atoms with Gasteiger partial charge in [0, 0.05) is 30.9 Å². The van der Waals surface area contributed by atoms with Gasteiger partial charge < -0.3 is 4.57 Å². The van der Waals surface area contributed by atoms with Gasteiger partial charge in [0.1, 0.15) is 5.65 Å². The molecule has 3 rings (SSSR count). The number of rotatable bonds is 2. The summed E-state index contributed by atoms with van der Waals surface area (Å²) in [6, 6.07) is 4.86. The lowest BCUT2D eigenvalue weighted by Gasteiger charge is -2.24. The Morgan fingerprint density at radius 2 is 2.00 bits per heavy atom. The summed E-state index contributed by atoms with van der Waals surface area (Å²) < 4.78 is 2.09. The second-order valence-electron chi connectivity index (χ2n) is 4.98. The van der Waals surface area contributed by atoms with E-state index in [4.69, 9.17) is 0 Å². The van der Waals surface area contributed by atoms with Gasteiger partial charge in [0.2, 0.25) is 0 Å². The third-order valence-corrected chi connectivity index (χ3v) is 3.94. The first-order valence-electron chi connectivity index (χ1n) is 6.41.